The van der Waals surface area contributed by atoms with E-state index in [4.69, 9.17) is 4.74 Å². The minimum absolute atomic E-state index is 0.224. The number of hydrogen-bond donors (Lipinski definition) is 1. The van der Waals surface area contributed by atoms with Gasteiger partial charge in [-0.05, 0) is 49.9 Å². The van der Waals surface area contributed by atoms with E-state index in [2.05, 4.69) is 22.4 Å². The molecule has 0 aromatic carbocycles. The summed E-state index contributed by atoms with van der Waals surface area (Å²) in [6, 6.07) is 4.22. The van der Waals surface area contributed by atoms with Crippen molar-refractivity contribution in [3.63, 3.8) is 0 Å². The zero-order valence-electron chi connectivity index (χ0n) is 9.15. The van der Waals surface area contributed by atoms with E-state index >= 15 is 0 Å². The van der Waals surface area contributed by atoms with E-state index in [1.807, 2.05) is 19.3 Å². The SMILES string of the molecule is CCO[C@H]1C[C@@H](c2ccncc2)CCN1. The van der Waals surface area contributed by atoms with Crippen molar-refractivity contribution in [3.8, 4) is 0 Å². The number of nitrogens with one attached hydrogen (secondary N) is 1. The van der Waals surface area contributed by atoms with Gasteiger partial charge in [-0.25, -0.2) is 0 Å². The predicted molar refractivity (Wildman–Crippen MR) is 59.6 cm³/mol. The summed E-state index contributed by atoms with van der Waals surface area (Å²) in [6.07, 6.45) is 6.22. The van der Waals surface area contributed by atoms with Gasteiger partial charge in [0.25, 0.3) is 0 Å². The molecule has 82 valence electrons. The molecule has 0 unspecified atom stereocenters. The summed E-state index contributed by atoms with van der Waals surface area (Å²) in [5.74, 6) is 0.616. The molecule has 1 aromatic heterocycles. The molecule has 0 amide bonds. The molecule has 0 aliphatic carbocycles. The number of pyridine rings is 1. The van der Waals surface area contributed by atoms with Gasteiger partial charge in [0.2, 0.25) is 0 Å². The Morgan fingerprint density at radius 1 is 1.47 bits per heavy atom. The molecule has 1 fully saturated rings. The van der Waals surface area contributed by atoms with Crippen LogP contribution < -0.4 is 5.32 Å². The van der Waals surface area contributed by atoms with E-state index in [1.54, 1.807) is 0 Å². The Bertz CT molecular complexity index is 287. The smallest absolute Gasteiger partial charge is 0.108 e. The molecule has 2 atom stereocenters. The fraction of sp³-hybridized carbons (Fsp3) is 0.583. The fourth-order valence-electron chi connectivity index (χ4n) is 2.14. The first-order valence-electron chi connectivity index (χ1n) is 5.65. The van der Waals surface area contributed by atoms with Crippen LogP contribution in [-0.4, -0.2) is 24.4 Å². The largest absolute Gasteiger partial charge is 0.364 e. The molecule has 1 saturated heterocycles. The number of piperidine rings is 1. The first-order valence-corrected chi connectivity index (χ1v) is 5.65. The minimum atomic E-state index is 0.224. The lowest BCUT2D eigenvalue weighted by Crippen LogP contribution is -2.39. The van der Waals surface area contributed by atoms with Gasteiger partial charge in [0.1, 0.15) is 6.23 Å². The molecule has 15 heavy (non-hydrogen) atoms. The van der Waals surface area contributed by atoms with Crippen LogP contribution in [0.25, 0.3) is 0 Å². The van der Waals surface area contributed by atoms with Crippen molar-refractivity contribution in [1.29, 1.82) is 0 Å². The number of nitrogens with zero attached hydrogens (tertiary/aromatic N) is 1. The summed E-state index contributed by atoms with van der Waals surface area (Å²) >= 11 is 0. The molecule has 0 saturated carbocycles. The van der Waals surface area contributed by atoms with Crippen LogP contribution in [-0.2, 0) is 4.74 Å². The quantitative estimate of drug-likeness (QED) is 0.820. The van der Waals surface area contributed by atoms with Gasteiger partial charge >= 0.3 is 0 Å². The molecule has 3 nitrogen and oxygen atoms in total. The zero-order chi connectivity index (χ0) is 10.5. The number of aromatic nitrogens is 1. The lowest BCUT2D eigenvalue weighted by atomic mass is 9.90. The lowest BCUT2D eigenvalue weighted by molar-refractivity contribution is 0.0144. The van der Waals surface area contributed by atoms with Crippen molar-refractivity contribution in [3.05, 3.63) is 30.1 Å². The first-order chi connectivity index (χ1) is 7.40. The standard InChI is InChI=1S/C12H18N2O/c1-2-15-12-9-11(5-8-14-12)10-3-6-13-7-4-10/h3-4,6-7,11-12,14H,2,5,8-9H2,1H3/t11-,12-/m0/s1. The van der Waals surface area contributed by atoms with Crippen LogP contribution in [0.3, 0.4) is 0 Å². The number of rotatable bonds is 3. The van der Waals surface area contributed by atoms with Crippen LogP contribution in [0, 0.1) is 0 Å². The number of hydrogen-bond acceptors (Lipinski definition) is 3. The van der Waals surface area contributed by atoms with Crippen LogP contribution in [0.4, 0.5) is 0 Å². The van der Waals surface area contributed by atoms with E-state index in [-0.39, 0.29) is 6.23 Å². The van der Waals surface area contributed by atoms with E-state index in [0.717, 1.165) is 19.6 Å². The molecule has 0 spiro atoms. The lowest BCUT2D eigenvalue weighted by Gasteiger charge is -2.30. The number of ether oxygens (including phenoxy) is 1. The Balaban J connectivity index is 1.98. The maximum atomic E-state index is 5.61. The Labute approximate surface area is 90.9 Å². The Kier molecular flexibility index (Phi) is 3.69. The second-order valence-corrected chi connectivity index (χ2v) is 3.90. The average molecular weight is 206 g/mol. The van der Waals surface area contributed by atoms with Crippen LogP contribution in [0.1, 0.15) is 31.2 Å². The summed E-state index contributed by atoms with van der Waals surface area (Å²) in [5.41, 5.74) is 1.39. The molecular formula is C12H18N2O. The molecule has 2 heterocycles. The normalized spacial score (nSPS) is 26.5. The highest BCUT2D eigenvalue weighted by atomic mass is 16.5. The van der Waals surface area contributed by atoms with Crippen molar-refractivity contribution in [2.75, 3.05) is 13.2 Å². The second-order valence-electron chi connectivity index (χ2n) is 3.90. The highest BCUT2D eigenvalue weighted by Gasteiger charge is 2.22. The molecule has 1 N–H and O–H groups in total. The highest BCUT2D eigenvalue weighted by Crippen LogP contribution is 2.27. The first kappa shape index (κ1) is 10.6. The van der Waals surface area contributed by atoms with Gasteiger partial charge in [-0.2, -0.15) is 0 Å². The van der Waals surface area contributed by atoms with Crippen LogP contribution in [0.2, 0.25) is 0 Å². The molecule has 3 heteroatoms. The van der Waals surface area contributed by atoms with E-state index < -0.39 is 0 Å². The summed E-state index contributed by atoms with van der Waals surface area (Å²) in [7, 11) is 0. The predicted octanol–water partition coefficient (Wildman–Crippen LogP) is 1.91. The van der Waals surface area contributed by atoms with Crippen LogP contribution in [0.15, 0.2) is 24.5 Å². The summed E-state index contributed by atoms with van der Waals surface area (Å²) < 4.78 is 5.61. The fourth-order valence-corrected chi connectivity index (χ4v) is 2.14. The second kappa shape index (κ2) is 5.24. The third-order valence-corrected chi connectivity index (χ3v) is 2.91. The zero-order valence-corrected chi connectivity index (χ0v) is 9.15. The molecule has 2 rings (SSSR count). The molecule has 1 aliphatic heterocycles. The van der Waals surface area contributed by atoms with Crippen molar-refractivity contribution >= 4 is 0 Å². The molecule has 1 aromatic rings. The Morgan fingerprint density at radius 3 is 3.00 bits per heavy atom. The average Bonchev–Trinajstić information content (AvgIpc) is 2.31. The molecule has 0 radical (unpaired) electrons. The van der Waals surface area contributed by atoms with Crippen molar-refractivity contribution in [1.82, 2.24) is 10.3 Å². The van der Waals surface area contributed by atoms with Gasteiger partial charge < -0.3 is 4.74 Å². The summed E-state index contributed by atoms with van der Waals surface area (Å²) in [5, 5.41) is 3.38. The molecule has 1 aliphatic rings. The van der Waals surface area contributed by atoms with E-state index in [9.17, 15) is 0 Å². The third kappa shape index (κ3) is 2.76. The van der Waals surface area contributed by atoms with Crippen molar-refractivity contribution in [2.45, 2.75) is 31.9 Å². The third-order valence-electron chi connectivity index (χ3n) is 2.91. The highest BCUT2D eigenvalue weighted by molar-refractivity contribution is 5.16. The monoisotopic (exact) mass is 206 g/mol. The van der Waals surface area contributed by atoms with Gasteiger partial charge in [-0.1, -0.05) is 0 Å². The van der Waals surface area contributed by atoms with Crippen LogP contribution >= 0.6 is 0 Å². The minimum Gasteiger partial charge on any atom is -0.364 e. The Hall–Kier alpha value is -0.930. The van der Waals surface area contributed by atoms with Gasteiger partial charge in [0.15, 0.2) is 0 Å². The van der Waals surface area contributed by atoms with Gasteiger partial charge in [0, 0.05) is 19.0 Å². The van der Waals surface area contributed by atoms with Crippen LogP contribution in [0.5, 0.6) is 0 Å². The van der Waals surface area contributed by atoms with E-state index in [0.29, 0.717) is 5.92 Å². The topological polar surface area (TPSA) is 34.1 Å². The van der Waals surface area contributed by atoms with Gasteiger partial charge in [-0.3, -0.25) is 10.3 Å². The Morgan fingerprint density at radius 2 is 2.27 bits per heavy atom. The summed E-state index contributed by atoms with van der Waals surface area (Å²) in [4.78, 5) is 4.05. The van der Waals surface area contributed by atoms with Gasteiger partial charge in [-0.15, -0.1) is 0 Å². The molecule has 0 bridgehead atoms. The van der Waals surface area contributed by atoms with Crippen molar-refractivity contribution < 1.29 is 4.74 Å². The maximum absolute atomic E-state index is 5.61. The molecular weight excluding hydrogens is 188 g/mol. The summed E-state index contributed by atoms with van der Waals surface area (Å²) in [6.45, 7) is 3.86. The van der Waals surface area contributed by atoms with Gasteiger partial charge in [0.05, 0.1) is 0 Å². The maximum Gasteiger partial charge on any atom is 0.108 e. The van der Waals surface area contributed by atoms with Crippen molar-refractivity contribution in [2.24, 2.45) is 0 Å². The van der Waals surface area contributed by atoms with E-state index in [1.165, 1.54) is 12.0 Å².